The highest BCUT2D eigenvalue weighted by molar-refractivity contribution is 7.89. The lowest BCUT2D eigenvalue weighted by Crippen LogP contribution is -2.46. The van der Waals surface area contributed by atoms with Crippen molar-refractivity contribution in [1.29, 1.82) is 0 Å². The van der Waals surface area contributed by atoms with Gasteiger partial charge in [0.1, 0.15) is 5.76 Å². The zero-order chi connectivity index (χ0) is 20.9. The summed E-state index contributed by atoms with van der Waals surface area (Å²) in [5.74, 6) is 0.626. The summed E-state index contributed by atoms with van der Waals surface area (Å²) in [5.41, 5.74) is 0. The predicted octanol–water partition coefficient (Wildman–Crippen LogP) is 2.72. The second-order valence-electron chi connectivity index (χ2n) is 7.24. The molecule has 158 valence electrons. The largest absolute Gasteiger partial charge is 0.467 e. The smallest absolute Gasteiger partial charge is 0.240 e. The number of nitrogens with zero attached hydrogens (tertiary/aromatic N) is 2. The fourth-order valence-electron chi connectivity index (χ4n) is 3.45. The Bertz CT molecular complexity index is 910. The number of piperidine rings is 1. The molecule has 0 atom stereocenters. The maximum atomic E-state index is 12.9. The van der Waals surface area contributed by atoms with Gasteiger partial charge in [-0.25, -0.2) is 13.1 Å². The van der Waals surface area contributed by atoms with Gasteiger partial charge in [-0.3, -0.25) is 4.79 Å². The van der Waals surface area contributed by atoms with E-state index >= 15 is 0 Å². The van der Waals surface area contributed by atoms with Crippen LogP contribution < -0.4 is 4.72 Å². The lowest BCUT2D eigenvalue weighted by Gasteiger charge is -2.37. The van der Waals surface area contributed by atoms with Crippen LogP contribution in [0, 0.1) is 0 Å². The predicted molar refractivity (Wildman–Crippen MR) is 111 cm³/mol. The third kappa shape index (κ3) is 6.05. The summed E-state index contributed by atoms with van der Waals surface area (Å²) in [6, 6.07) is 9.80. The van der Waals surface area contributed by atoms with Crippen LogP contribution in [0.2, 0.25) is 5.02 Å². The molecule has 0 radical (unpaired) electrons. The van der Waals surface area contributed by atoms with E-state index < -0.39 is 10.0 Å². The number of amides is 1. The molecule has 1 N–H and O–H groups in total. The summed E-state index contributed by atoms with van der Waals surface area (Å²) in [7, 11) is -1.65. The number of carbonyl (C=O) groups excluding carboxylic acids is 1. The van der Waals surface area contributed by atoms with Crippen molar-refractivity contribution in [3.8, 4) is 0 Å². The number of hydrogen-bond donors (Lipinski definition) is 1. The summed E-state index contributed by atoms with van der Waals surface area (Å²) < 4.78 is 32.7. The molecule has 1 fully saturated rings. The van der Waals surface area contributed by atoms with Gasteiger partial charge >= 0.3 is 0 Å². The molecule has 1 aliphatic rings. The van der Waals surface area contributed by atoms with Crippen molar-refractivity contribution in [3.63, 3.8) is 0 Å². The molecule has 1 aromatic carbocycles. The second kappa shape index (κ2) is 9.75. The van der Waals surface area contributed by atoms with Crippen molar-refractivity contribution < 1.29 is 17.6 Å². The highest BCUT2D eigenvalue weighted by Gasteiger charge is 2.27. The van der Waals surface area contributed by atoms with Crippen molar-refractivity contribution >= 4 is 27.5 Å². The molecule has 1 amide bonds. The molecule has 0 spiro atoms. The number of carbonyl (C=O) groups is 1. The number of furan rings is 1. The molecule has 1 aromatic heterocycles. The molecule has 3 rings (SSSR count). The van der Waals surface area contributed by atoms with Crippen LogP contribution in [0.25, 0.3) is 0 Å². The van der Waals surface area contributed by atoms with Crippen molar-refractivity contribution in [1.82, 2.24) is 14.5 Å². The zero-order valence-electron chi connectivity index (χ0n) is 16.4. The van der Waals surface area contributed by atoms with E-state index in [0.717, 1.165) is 31.7 Å². The molecule has 0 unspecified atom stereocenters. The average molecular weight is 440 g/mol. The first-order valence-corrected chi connectivity index (χ1v) is 11.5. The Hall–Kier alpha value is -1.87. The van der Waals surface area contributed by atoms with Crippen LogP contribution in [0.3, 0.4) is 0 Å². The van der Waals surface area contributed by atoms with Gasteiger partial charge in [0.15, 0.2) is 0 Å². The van der Waals surface area contributed by atoms with Gasteiger partial charge in [-0.05, 0) is 63.3 Å². The average Bonchev–Trinajstić information content (AvgIpc) is 3.20. The minimum Gasteiger partial charge on any atom is -0.467 e. The molecular weight excluding hydrogens is 414 g/mol. The maximum Gasteiger partial charge on any atom is 0.240 e. The van der Waals surface area contributed by atoms with E-state index in [1.54, 1.807) is 24.5 Å². The van der Waals surface area contributed by atoms with Crippen LogP contribution in [0.5, 0.6) is 0 Å². The van der Waals surface area contributed by atoms with Crippen LogP contribution in [-0.4, -0.2) is 56.8 Å². The van der Waals surface area contributed by atoms with Gasteiger partial charge < -0.3 is 14.2 Å². The van der Waals surface area contributed by atoms with Crippen molar-refractivity contribution in [2.75, 3.05) is 26.7 Å². The minimum absolute atomic E-state index is 0.0228. The third-order valence-corrected chi connectivity index (χ3v) is 6.79. The summed E-state index contributed by atoms with van der Waals surface area (Å²) >= 11 is 5.88. The standard InChI is InChI=1S/C20H26ClN3O4S/c1-23-11-8-17(9-12-23)24(15-18-5-3-13-28-18)20(25)7-10-22-29(26,27)19-6-2-4-16(21)14-19/h2-6,13-14,17,22H,7-12,15H2,1H3. The molecule has 7 nitrogen and oxygen atoms in total. The number of benzene rings is 1. The molecule has 0 aliphatic carbocycles. The zero-order valence-corrected chi connectivity index (χ0v) is 18.0. The maximum absolute atomic E-state index is 12.9. The Balaban J connectivity index is 1.62. The number of sulfonamides is 1. The third-order valence-electron chi connectivity index (χ3n) is 5.09. The molecule has 2 heterocycles. The van der Waals surface area contributed by atoms with Crippen LogP contribution in [0.15, 0.2) is 52.0 Å². The number of nitrogens with one attached hydrogen (secondary N) is 1. The van der Waals surface area contributed by atoms with E-state index in [1.165, 1.54) is 12.1 Å². The monoisotopic (exact) mass is 439 g/mol. The van der Waals surface area contributed by atoms with Crippen molar-refractivity contribution in [2.24, 2.45) is 0 Å². The summed E-state index contributed by atoms with van der Waals surface area (Å²) in [5, 5.41) is 0.343. The van der Waals surface area contributed by atoms with Gasteiger partial charge in [-0.1, -0.05) is 17.7 Å². The summed E-state index contributed by atoms with van der Waals surface area (Å²) in [6.07, 6.45) is 3.44. The first kappa shape index (κ1) is 21.8. The topological polar surface area (TPSA) is 82.9 Å². The second-order valence-corrected chi connectivity index (χ2v) is 9.44. The Kier molecular flexibility index (Phi) is 7.34. The molecular formula is C20H26ClN3O4S. The fourth-order valence-corrected chi connectivity index (χ4v) is 4.78. The van der Waals surface area contributed by atoms with Gasteiger partial charge in [0.25, 0.3) is 0 Å². The number of rotatable bonds is 8. The van der Waals surface area contributed by atoms with E-state index in [1.807, 2.05) is 11.0 Å². The van der Waals surface area contributed by atoms with Crippen LogP contribution >= 0.6 is 11.6 Å². The number of halogens is 1. The molecule has 2 aromatic rings. The number of likely N-dealkylation sites (tertiary alicyclic amines) is 1. The van der Waals surface area contributed by atoms with Gasteiger partial charge in [-0.15, -0.1) is 0 Å². The number of hydrogen-bond acceptors (Lipinski definition) is 5. The van der Waals surface area contributed by atoms with Gasteiger partial charge in [0.2, 0.25) is 15.9 Å². The normalized spacial score (nSPS) is 16.1. The lowest BCUT2D eigenvalue weighted by atomic mass is 10.0. The van der Waals surface area contributed by atoms with E-state index in [2.05, 4.69) is 16.7 Å². The summed E-state index contributed by atoms with van der Waals surface area (Å²) in [4.78, 5) is 17.1. The van der Waals surface area contributed by atoms with Crippen LogP contribution in [0.4, 0.5) is 0 Å². The quantitative estimate of drug-likeness (QED) is 0.683. The molecule has 0 bridgehead atoms. The minimum atomic E-state index is -3.72. The molecule has 9 heteroatoms. The van der Waals surface area contributed by atoms with E-state index in [9.17, 15) is 13.2 Å². The molecule has 1 aliphatic heterocycles. The highest BCUT2D eigenvalue weighted by atomic mass is 35.5. The molecule has 0 saturated carbocycles. The van der Waals surface area contributed by atoms with E-state index in [-0.39, 0.29) is 29.8 Å². The van der Waals surface area contributed by atoms with Gasteiger partial charge in [-0.2, -0.15) is 0 Å². The first-order valence-electron chi connectivity index (χ1n) is 9.61. The lowest BCUT2D eigenvalue weighted by molar-refractivity contribution is -0.135. The van der Waals surface area contributed by atoms with Crippen molar-refractivity contribution in [3.05, 3.63) is 53.4 Å². The first-order chi connectivity index (χ1) is 13.8. The van der Waals surface area contributed by atoms with E-state index in [4.69, 9.17) is 16.0 Å². The van der Waals surface area contributed by atoms with Gasteiger partial charge in [0.05, 0.1) is 17.7 Å². The van der Waals surface area contributed by atoms with E-state index in [0.29, 0.717) is 11.6 Å². The Labute approximate surface area is 176 Å². The van der Waals surface area contributed by atoms with Gasteiger partial charge in [0, 0.05) is 24.0 Å². The van der Waals surface area contributed by atoms with Crippen LogP contribution in [-0.2, 0) is 21.4 Å². The molecule has 1 saturated heterocycles. The SMILES string of the molecule is CN1CCC(N(Cc2ccco2)C(=O)CCNS(=O)(=O)c2cccc(Cl)c2)CC1. The van der Waals surface area contributed by atoms with Crippen molar-refractivity contribution in [2.45, 2.75) is 36.7 Å². The highest BCUT2D eigenvalue weighted by Crippen LogP contribution is 2.20. The Morgan fingerprint density at radius 2 is 2.03 bits per heavy atom. The summed E-state index contributed by atoms with van der Waals surface area (Å²) in [6.45, 7) is 2.26. The van der Waals surface area contributed by atoms with Crippen LogP contribution in [0.1, 0.15) is 25.0 Å². The molecule has 29 heavy (non-hydrogen) atoms. The Morgan fingerprint density at radius 1 is 1.28 bits per heavy atom. The Morgan fingerprint density at radius 3 is 2.69 bits per heavy atom. The fraction of sp³-hybridized carbons (Fsp3) is 0.450.